The summed E-state index contributed by atoms with van der Waals surface area (Å²) in [5, 5.41) is 3.32. The summed E-state index contributed by atoms with van der Waals surface area (Å²) in [4.78, 5) is 0. The van der Waals surface area contributed by atoms with Crippen LogP contribution in [0.4, 0.5) is 4.39 Å². The summed E-state index contributed by atoms with van der Waals surface area (Å²) in [5.41, 5.74) is 1.75. The molecule has 0 aliphatic carbocycles. The zero-order valence-electron chi connectivity index (χ0n) is 11.6. The molecule has 1 rings (SSSR count). The zero-order chi connectivity index (χ0) is 13.8. The van der Waals surface area contributed by atoms with E-state index in [0.29, 0.717) is 18.9 Å². The Morgan fingerprint density at radius 2 is 2.06 bits per heavy atom. The van der Waals surface area contributed by atoms with Crippen LogP contribution in [-0.4, -0.2) is 12.1 Å². The number of benzene rings is 1. The maximum absolute atomic E-state index is 13.3. The minimum Gasteiger partial charge on any atom is -0.489 e. The molecule has 0 saturated heterocycles. The molecule has 0 aliphatic heterocycles. The van der Waals surface area contributed by atoms with E-state index in [-0.39, 0.29) is 11.4 Å². The minimum atomic E-state index is -0.247. The maximum atomic E-state index is 13.3. The number of rotatable bonds is 5. The molecule has 2 nitrogen and oxygen atoms in total. The first-order chi connectivity index (χ1) is 8.28. The van der Waals surface area contributed by atoms with E-state index >= 15 is 0 Å². The molecule has 1 N–H and O–H groups in total. The topological polar surface area (TPSA) is 21.3 Å². The SMILES string of the molecule is C=C(C)COc1ccc(F)cc1CNC(C)(C)C. The Bertz CT molecular complexity index is 421. The van der Waals surface area contributed by atoms with Gasteiger partial charge < -0.3 is 10.1 Å². The van der Waals surface area contributed by atoms with Crippen LogP contribution in [-0.2, 0) is 6.54 Å². The van der Waals surface area contributed by atoms with Gasteiger partial charge in [0.05, 0.1) is 0 Å². The standard InChI is InChI=1S/C15H22FNO/c1-11(2)10-18-14-7-6-13(16)8-12(14)9-17-15(3,4)5/h6-8,17H,1,9-10H2,2-5H3. The highest BCUT2D eigenvalue weighted by Gasteiger charge is 2.11. The first-order valence-corrected chi connectivity index (χ1v) is 6.08. The number of halogens is 1. The highest BCUT2D eigenvalue weighted by Crippen LogP contribution is 2.21. The molecule has 1 aromatic rings. The van der Waals surface area contributed by atoms with Gasteiger partial charge in [0.1, 0.15) is 18.2 Å². The van der Waals surface area contributed by atoms with Gasteiger partial charge in [-0.3, -0.25) is 0 Å². The van der Waals surface area contributed by atoms with Crippen molar-refractivity contribution >= 4 is 0 Å². The second-order valence-corrected chi connectivity index (χ2v) is 5.60. The number of hydrogen-bond donors (Lipinski definition) is 1. The fraction of sp³-hybridized carbons (Fsp3) is 0.467. The van der Waals surface area contributed by atoms with E-state index in [1.54, 1.807) is 6.07 Å². The van der Waals surface area contributed by atoms with Gasteiger partial charge in [-0.1, -0.05) is 6.58 Å². The van der Waals surface area contributed by atoms with Crippen LogP contribution in [0.1, 0.15) is 33.3 Å². The summed E-state index contributed by atoms with van der Waals surface area (Å²) in [6.45, 7) is 12.9. The van der Waals surface area contributed by atoms with Crippen LogP contribution in [0.3, 0.4) is 0 Å². The number of nitrogens with one attached hydrogen (secondary N) is 1. The van der Waals surface area contributed by atoms with Crippen molar-refractivity contribution in [2.45, 2.75) is 39.8 Å². The number of hydrogen-bond acceptors (Lipinski definition) is 2. The van der Waals surface area contributed by atoms with Crippen LogP contribution in [0.5, 0.6) is 5.75 Å². The normalized spacial score (nSPS) is 11.4. The van der Waals surface area contributed by atoms with Crippen LogP contribution in [0.25, 0.3) is 0 Å². The highest BCUT2D eigenvalue weighted by molar-refractivity contribution is 5.34. The quantitative estimate of drug-likeness (QED) is 0.806. The van der Waals surface area contributed by atoms with E-state index in [1.165, 1.54) is 12.1 Å². The average Bonchev–Trinajstić information content (AvgIpc) is 2.23. The van der Waals surface area contributed by atoms with Crippen molar-refractivity contribution in [3.05, 3.63) is 41.7 Å². The molecule has 3 heteroatoms. The van der Waals surface area contributed by atoms with Crippen LogP contribution in [0.15, 0.2) is 30.4 Å². The molecular weight excluding hydrogens is 229 g/mol. The van der Waals surface area contributed by atoms with E-state index in [9.17, 15) is 4.39 Å². The summed E-state index contributed by atoms with van der Waals surface area (Å²) in [6, 6.07) is 4.58. The van der Waals surface area contributed by atoms with Gasteiger partial charge >= 0.3 is 0 Å². The van der Waals surface area contributed by atoms with Gasteiger partial charge in [-0.2, -0.15) is 0 Å². The predicted octanol–water partition coefficient (Wildman–Crippen LogP) is 3.67. The van der Waals surface area contributed by atoms with E-state index in [0.717, 1.165) is 11.1 Å². The largest absolute Gasteiger partial charge is 0.489 e. The Hall–Kier alpha value is -1.35. The third-order valence-corrected chi connectivity index (χ3v) is 2.31. The van der Waals surface area contributed by atoms with Gasteiger partial charge in [0.25, 0.3) is 0 Å². The van der Waals surface area contributed by atoms with Crippen molar-refractivity contribution in [1.82, 2.24) is 5.32 Å². The van der Waals surface area contributed by atoms with Crippen LogP contribution >= 0.6 is 0 Å². The number of ether oxygens (including phenoxy) is 1. The van der Waals surface area contributed by atoms with Crippen molar-refractivity contribution in [2.24, 2.45) is 0 Å². The monoisotopic (exact) mass is 251 g/mol. The summed E-state index contributed by atoms with van der Waals surface area (Å²) in [6.07, 6.45) is 0. The molecule has 0 spiro atoms. The fourth-order valence-electron chi connectivity index (χ4n) is 1.39. The molecule has 0 aliphatic rings. The molecule has 1 aromatic carbocycles. The van der Waals surface area contributed by atoms with Crippen molar-refractivity contribution in [1.29, 1.82) is 0 Å². The zero-order valence-corrected chi connectivity index (χ0v) is 11.6. The predicted molar refractivity (Wildman–Crippen MR) is 73.3 cm³/mol. The van der Waals surface area contributed by atoms with E-state index in [2.05, 4.69) is 32.7 Å². The van der Waals surface area contributed by atoms with Crippen molar-refractivity contribution in [2.75, 3.05) is 6.61 Å². The van der Waals surface area contributed by atoms with Gasteiger partial charge in [-0.15, -0.1) is 0 Å². The summed E-state index contributed by atoms with van der Waals surface area (Å²) < 4.78 is 18.9. The smallest absolute Gasteiger partial charge is 0.124 e. The summed E-state index contributed by atoms with van der Waals surface area (Å²) in [7, 11) is 0. The van der Waals surface area contributed by atoms with Gasteiger partial charge in [-0.25, -0.2) is 4.39 Å². The second-order valence-electron chi connectivity index (χ2n) is 5.60. The molecule has 0 heterocycles. The molecule has 0 radical (unpaired) electrons. The van der Waals surface area contributed by atoms with Crippen LogP contribution < -0.4 is 10.1 Å². The lowest BCUT2D eigenvalue weighted by Gasteiger charge is -2.21. The van der Waals surface area contributed by atoms with E-state index in [4.69, 9.17) is 4.74 Å². The van der Waals surface area contributed by atoms with Crippen LogP contribution in [0.2, 0.25) is 0 Å². The molecule has 100 valence electrons. The molecular formula is C15H22FNO. The molecule has 0 atom stereocenters. The van der Waals surface area contributed by atoms with Crippen molar-refractivity contribution in [3.8, 4) is 5.75 Å². The molecule has 0 amide bonds. The van der Waals surface area contributed by atoms with Gasteiger partial charge in [0.2, 0.25) is 0 Å². The lowest BCUT2D eigenvalue weighted by molar-refractivity contribution is 0.342. The van der Waals surface area contributed by atoms with Crippen LogP contribution in [0, 0.1) is 5.82 Å². The second kappa shape index (κ2) is 6.01. The highest BCUT2D eigenvalue weighted by atomic mass is 19.1. The Morgan fingerprint density at radius 1 is 1.39 bits per heavy atom. The lowest BCUT2D eigenvalue weighted by atomic mass is 10.1. The summed E-state index contributed by atoms with van der Waals surface area (Å²) in [5.74, 6) is 0.458. The Balaban J connectivity index is 2.79. The Labute approximate surface area is 109 Å². The molecule has 0 bridgehead atoms. The Morgan fingerprint density at radius 3 is 2.61 bits per heavy atom. The molecule has 0 aromatic heterocycles. The molecule has 0 unspecified atom stereocenters. The van der Waals surface area contributed by atoms with Gasteiger partial charge in [-0.05, 0) is 51.5 Å². The minimum absolute atomic E-state index is 0.0159. The molecule has 0 saturated carbocycles. The lowest BCUT2D eigenvalue weighted by Crippen LogP contribution is -2.35. The molecule has 18 heavy (non-hydrogen) atoms. The maximum Gasteiger partial charge on any atom is 0.124 e. The van der Waals surface area contributed by atoms with Gasteiger partial charge in [0.15, 0.2) is 0 Å². The third-order valence-electron chi connectivity index (χ3n) is 2.31. The van der Waals surface area contributed by atoms with E-state index in [1.807, 2.05) is 6.92 Å². The Kier molecular flexibility index (Phi) is 4.91. The van der Waals surface area contributed by atoms with Crippen molar-refractivity contribution in [3.63, 3.8) is 0 Å². The first-order valence-electron chi connectivity index (χ1n) is 6.08. The van der Waals surface area contributed by atoms with E-state index < -0.39 is 0 Å². The van der Waals surface area contributed by atoms with Crippen molar-refractivity contribution < 1.29 is 9.13 Å². The van der Waals surface area contributed by atoms with Gasteiger partial charge in [0, 0.05) is 17.6 Å². The first kappa shape index (κ1) is 14.7. The molecule has 0 fully saturated rings. The third kappa shape index (κ3) is 5.32. The fourth-order valence-corrected chi connectivity index (χ4v) is 1.39. The average molecular weight is 251 g/mol. The summed E-state index contributed by atoms with van der Waals surface area (Å²) >= 11 is 0.